The number of fused-ring (bicyclic) bond motifs is 1. The highest BCUT2D eigenvalue weighted by Gasteiger charge is 2.17. The Labute approximate surface area is 120 Å². The van der Waals surface area contributed by atoms with Crippen molar-refractivity contribution < 1.29 is 8.78 Å². The Hall–Kier alpha value is -2.56. The number of anilines is 1. The molecule has 0 spiro atoms. The molecule has 0 bridgehead atoms. The molecule has 2 aromatic carbocycles. The molecule has 1 heterocycles. The molecule has 106 valence electrons. The molecular formula is C16H13F2N3. The van der Waals surface area contributed by atoms with E-state index in [1.165, 1.54) is 18.2 Å². The van der Waals surface area contributed by atoms with Crippen molar-refractivity contribution in [3.05, 3.63) is 54.1 Å². The second kappa shape index (κ2) is 5.44. The van der Waals surface area contributed by atoms with Crippen LogP contribution in [0.2, 0.25) is 0 Å². The van der Waals surface area contributed by atoms with Crippen LogP contribution >= 0.6 is 0 Å². The van der Waals surface area contributed by atoms with Gasteiger partial charge in [-0.3, -0.25) is 0 Å². The van der Waals surface area contributed by atoms with Gasteiger partial charge in [0.1, 0.15) is 17.3 Å². The van der Waals surface area contributed by atoms with Crippen molar-refractivity contribution in [1.82, 2.24) is 10.2 Å². The fourth-order valence-electron chi connectivity index (χ4n) is 2.31. The van der Waals surface area contributed by atoms with Crippen LogP contribution in [0.4, 0.5) is 14.6 Å². The van der Waals surface area contributed by atoms with Crippen LogP contribution in [0.1, 0.15) is 6.92 Å². The predicted octanol–water partition coefficient (Wildman–Crippen LogP) is 4.01. The minimum Gasteiger partial charge on any atom is -0.368 e. The molecule has 1 aromatic heterocycles. The first-order chi connectivity index (χ1) is 10.2. The Balaban J connectivity index is 2.32. The zero-order chi connectivity index (χ0) is 14.8. The number of rotatable bonds is 3. The molecule has 0 amide bonds. The van der Waals surface area contributed by atoms with Crippen LogP contribution in [-0.4, -0.2) is 16.7 Å². The molecule has 0 aliphatic rings. The molecule has 3 rings (SSSR count). The van der Waals surface area contributed by atoms with E-state index in [4.69, 9.17) is 0 Å². The minimum atomic E-state index is -0.648. The first-order valence-electron chi connectivity index (χ1n) is 6.66. The maximum Gasteiger partial charge on any atom is 0.156 e. The maximum atomic E-state index is 14.0. The van der Waals surface area contributed by atoms with Gasteiger partial charge in [-0.25, -0.2) is 8.78 Å². The van der Waals surface area contributed by atoms with Gasteiger partial charge in [0.25, 0.3) is 0 Å². The molecule has 5 heteroatoms. The first-order valence-corrected chi connectivity index (χ1v) is 6.66. The molecule has 0 aliphatic heterocycles. The summed E-state index contributed by atoms with van der Waals surface area (Å²) in [5, 5.41) is 12.6. The van der Waals surface area contributed by atoms with E-state index in [9.17, 15) is 8.78 Å². The molecule has 3 nitrogen and oxygen atoms in total. The number of benzene rings is 2. The predicted molar refractivity (Wildman–Crippen MR) is 79.1 cm³/mol. The lowest BCUT2D eigenvalue weighted by atomic mass is 10.0. The Morgan fingerprint density at radius 3 is 2.24 bits per heavy atom. The molecule has 0 fully saturated rings. The van der Waals surface area contributed by atoms with Gasteiger partial charge in [0, 0.05) is 17.3 Å². The van der Waals surface area contributed by atoms with E-state index in [0.29, 0.717) is 17.7 Å². The average molecular weight is 285 g/mol. The Morgan fingerprint density at radius 2 is 1.57 bits per heavy atom. The molecule has 0 unspecified atom stereocenters. The SMILES string of the molecule is CCNc1nnc(-c2c(F)cccc2F)c2ccccc12. The lowest BCUT2D eigenvalue weighted by molar-refractivity contribution is 0.588. The largest absolute Gasteiger partial charge is 0.368 e. The van der Waals surface area contributed by atoms with Gasteiger partial charge in [0.15, 0.2) is 5.82 Å². The molecular weight excluding hydrogens is 272 g/mol. The third kappa shape index (κ3) is 2.31. The number of nitrogens with one attached hydrogen (secondary N) is 1. The highest BCUT2D eigenvalue weighted by Crippen LogP contribution is 2.32. The number of aromatic nitrogens is 2. The number of halogens is 2. The van der Waals surface area contributed by atoms with E-state index in [1.54, 1.807) is 6.07 Å². The summed E-state index contributed by atoms with van der Waals surface area (Å²) in [6, 6.07) is 11.1. The molecule has 0 atom stereocenters. The fraction of sp³-hybridized carbons (Fsp3) is 0.125. The Kier molecular flexibility index (Phi) is 3.48. The Bertz CT molecular complexity index is 782. The maximum absolute atomic E-state index is 14.0. The van der Waals surface area contributed by atoms with Crippen molar-refractivity contribution >= 4 is 16.6 Å². The van der Waals surface area contributed by atoms with Gasteiger partial charge < -0.3 is 5.32 Å². The molecule has 0 saturated heterocycles. The molecule has 1 N–H and O–H groups in total. The molecule has 3 aromatic rings. The summed E-state index contributed by atoms with van der Waals surface area (Å²) >= 11 is 0. The number of hydrogen-bond donors (Lipinski definition) is 1. The fourth-order valence-corrected chi connectivity index (χ4v) is 2.31. The van der Waals surface area contributed by atoms with Crippen LogP contribution in [0.25, 0.3) is 22.0 Å². The summed E-state index contributed by atoms with van der Waals surface area (Å²) in [5.41, 5.74) is 0.0621. The van der Waals surface area contributed by atoms with Crippen LogP contribution in [0.15, 0.2) is 42.5 Å². The summed E-state index contributed by atoms with van der Waals surface area (Å²) in [5.74, 6) is -0.690. The van der Waals surface area contributed by atoms with E-state index >= 15 is 0 Å². The van der Waals surface area contributed by atoms with Crippen LogP contribution in [-0.2, 0) is 0 Å². The standard InChI is InChI=1S/C16H13F2N3/c1-2-19-16-11-7-4-3-6-10(11)15(20-21-16)14-12(17)8-5-9-13(14)18/h3-9H,2H2,1H3,(H,19,21). The number of nitrogens with zero attached hydrogens (tertiary/aromatic N) is 2. The van der Waals surface area contributed by atoms with E-state index in [2.05, 4.69) is 15.5 Å². The van der Waals surface area contributed by atoms with Gasteiger partial charge in [0.2, 0.25) is 0 Å². The van der Waals surface area contributed by atoms with E-state index < -0.39 is 11.6 Å². The molecule has 0 saturated carbocycles. The van der Waals surface area contributed by atoms with Crippen molar-refractivity contribution in [3.63, 3.8) is 0 Å². The van der Waals surface area contributed by atoms with E-state index in [0.717, 1.165) is 5.39 Å². The molecule has 0 aliphatic carbocycles. The first kappa shape index (κ1) is 13.4. The second-order valence-electron chi connectivity index (χ2n) is 4.57. The van der Waals surface area contributed by atoms with Gasteiger partial charge >= 0.3 is 0 Å². The van der Waals surface area contributed by atoms with Crippen molar-refractivity contribution in [2.45, 2.75) is 6.92 Å². The van der Waals surface area contributed by atoms with Crippen LogP contribution in [0.3, 0.4) is 0 Å². The molecule has 0 radical (unpaired) electrons. The van der Waals surface area contributed by atoms with E-state index in [1.807, 2.05) is 25.1 Å². The average Bonchev–Trinajstić information content (AvgIpc) is 2.49. The zero-order valence-electron chi connectivity index (χ0n) is 11.4. The minimum absolute atomic E-state index is 0.149. The van der Waals surface area contributed by atoms with Gasteiger partial charge in [-0.2, -0.15) is 0 Å². The normalized spacial score (nSPS) is 10.8. The topological polar surface area (TPSA) is 37.8 Å². The highest BCUT2D eigenvalue weighted by atomic mass is 19.1. The monoisotopic (exact) mass is 285 g/mol. The summed E-state index contributed by atoms with van der Waals surface area (Å²) in [6.07, 6.45) is 0. The second-order valence-corrected chi connectivity index (χ2v) is 4.57. The Morgan fingerprint density at radius 1 is 0.905 bits per heavy atom. The van der Waals surface area contributed by atoms with Crippen molar-refractivity contribution in [2.75, 3.05) is 11.9 Å². The summed E-state index contributed by atoms with van der Waals surface area (Å²) in [4.78, 5) is 0. The van der Waals surface area contributed by atoms with Gasteiger partial charge in [-0.1, -0.05) is 30.3 Å². The third-order valence-electron chi connectivity index (χ3n) is 3.23. The quantitative estimate of drug-likeness (QED) is 0.790. The van der Waals surface area contributed by atoms with Crippen LogP contribution in [0, 0.1) is 11.6 Å². The van der Waals surface area contributed by atoms with Gasteiger partial charge in [-0.15, -0.1) is 10.2 Å². The highest BCUT2D eigenvalue weighted by molar-refractivity contribution is 6.00. The van der Waals surface area contributed by atoms with Gasteiger partial charge in [-0.05, 0) is 19.1 Å². The van der Waals surface area contributed by atoms with E-state index in [-0.39, 0.29) is 11.3 Å². The van der Waals surface area contributed by atoms with Crippen molar-refractivity contribution in [3.8, 4) is 11.3 Å². The lowest BCUT2D eigenvalue weighted by Gasteiger charge is -2.11. The lowest BCUT2D eigenvalue weighted by Crippen LogP contribution is -2.03. The number of hydrogen-bond acceptors (Lipinski definition) is 3. The van der Waals surface area contributed by atoms with Crippen LogP contribution < -0.4 is 5.32 Å². The summed E-state index contributed by atoms with van der Waals surface area (Å²) < 4.78 is 28.0. The smallest absolute Gasteiger partial charge is 0.156 e. The van der Waals surface area contributed by atoms with Crippen LogP contribution in [0.5, 0.6) is 0 Å². The summed E-state index contributed by atoms with van der Waals surface area (Å²) in [7, 11) is 0. The molecule has 21 heavy (non-hydrogen) atoms. The van der Waals surface area contributed by atoms with Crippen molar-refractivity contribution in [2.24, 2.45) is 0 Å². The van der Waals surface area contributed by atoms with Gasteiger partial charge in [0.05, 0.1) is 5.56 Å². The van der Waals surface area contributed by atoms with Crippen molar-refractivity contribution in [1.29, 1.82) is 0 Å². The third-order valence-corrected chi connectivity index (χ3v) is 3.23. The zero-order valence-corrected chi connectivity index (χ0v) is 11.4. The summed E-state index contributed by atoms with van der Waals surface area (Å²) in [6.45, 7) is 2.63.